The van der Waals surface area contributed by atoms with Crippen molar-refractivity contribution in [2.24, 2.45) is 0 Å². The fourth-order valence-electron chi connectivity index (χ4n) is 2.72. The van der Waals surface area contributed by atoms with Crippen molar-refractivity contribution in [2.75, 3.05) is 11.9 Å². The number of carbonyl (C=O) groups is 1. The van der Waals surface area contributed by atoms with Crippen molar-refractivity contribution < 1.29 is 9.21 Å². The van der Waals surface area contributed by atoms with Crippen LogP contribution in [0.4, 0.5) is 5.69 Å². The van der Waals surface area contributed by atoms with Crippen molar-refractivity contribution in [1.29, 1.82) is 0 Å². The van der Waals surface area contributed by atoms with E-state index in [9.17, 15) is 4.79 Å². The molecule has 0 unspecified atom stereocenters. The quantitative estimate of drug-likeness (QED) is 0.668. The van der Waals surface area contributed by atoms with E-state index in [1.807, 2.05) is 0 Å². The lowest BCUT2D eigenvalue weighted by Gasteiger charge is -2.12. The number of fused-ring (bicyclic) bond motifs is 2. The van der Waals surface area contributed by atoms with Crippen molar-refractivity contribution in [2.45, 2.75) is 19.9 Å². The Balaban J connectivity index is 0.00000156. The van der Waals surface area contributed by atoms with E-state index in [-0.39, 0.29) is 18.3 Å². The van der Waals surface area contributed by atoms with Crippen LogP contribution < -0.4 is 10.6 Å². The molecular formula is C15H16ClN5O2. The number of rotatable bonds is 2. The molecule has 120 valence electrons. The number of anilines is 1. The van der Waals surface area contributed by atoms with Crippen LogP contribution in [-0.4, -0.2) is 27.6 Å². The molecular weight excluding hydrogens is 318 g/mol. The zero-order valence-corrected chi connectivity index (χ0v) is 13.3. The summed E-state index contributed by atoms with van der Waals surface area (Å²) < 4.78 is 5.43. The molecule has 23 heavy (non-hydrogen) atoms. The molecule has 1 aliphatic rings. The second kappa shape index (κ2) is 6.02. The molecule has 0 radical (unpaired) electrons. The van der Waals surface area contributed by atoms with Gasteiger partial charge in [-0.15, -0.1) is 12.4 Å². The number of nitrogens with zero attached hydrogens (tertiary/aromatic N) is 2. The van der Waals surface area contributed by atoms with E-state index in [4.69, 9.17) is 4.42 Å². The van der Waals surface area contributed by atoms with Gasteiger partial charge in [-0.05, 0) is 18.2 Å². The maximum atomic E-state index is 12.4. The molecule has 3 aromatic rings. The number of halogens is 1. The van der Waals surface area contributed by atoms with Crippen molar-refractivity contribution in [1.82, 2.24) is 20.5 Å². The fourth-order valence-corrected chi connectivity index (χ4v) is 2.72. The number of carbonyl (C=O) groups excluding carboxylic acids is 1. The average Bonchev–Trinajstić information content (AvgIpc) is 3.09. The van der Waals surface area contributed by atoms with Gasteiger partial charge in [0.1, 0.15) is 5.52 Å². The van der Waals surface area contributed by atoms with E-state index < -0.39 is 0 Å². The first-order chi connectivity index (χ1) is 10.7. The zero-order chi connectivity index (χ0) is 15.1. The largest absolute Gasteiger partial charge is 0.441 e. The SMILES string of the molecule is Cc1nc2cc(NC(=O)c3n[nH]c4c3CNCC4)ccc2o1.Cl. The Kier molecular flexibility index (Phi) is 4.06. The molecule has 2 aromatic heterocycles. The van der Waals surface area contributed by atoms with Gasteiger partial charge >= 0.3 is 0 Å². The van der Waals surface area contributed by atoms with Crippen molar-refractivity contribution in [3.8, 4) is 0 Å². The summed E-state index contributed by atoms with van der Waals surface area (Å²) in [6.07, 6.45) is 0.861. The van der Waals surface area contributed by atoms with Gasteiger partial charge in [0.15, 0.2) is 17.2 Å². The minimum atomic E-state index is -0.222. The normalized spacial score (nSPS) is 13.4. The summed E-state index contributed by atoms with van der Waals surface area (Å²) in [6, 6.07) is 5.38. The lowest BCUT2D eigenvalue weighted by molar-refractivity contribution is 0.102. The highest BCUT2D eigenvalue weighted by molar-refractivity contribution is 6.04. The topological polar surface area (TPSA) is 95.8 Å². The zero-order valence-electron chi connectivity index (χ0n) is 12.5. The van der Waals surface area contributed by atoms with Gasteiger partial charge in [-0.1, -0.05) is 0 Å². The summed E-state index contributed by atoms with van der Waals surface area (Å²) in [7, 11) is 0. The second-order valence-electron chi connectivity index (χ2n) is 5.33. The molecule has 0 saturated carbocycles. The molecule has 0 spiro atoms. The Bertz CT molecular complexity index is 870. The van der Waals surface area contributed by atoms with Gasteiger partial charge in [0.05, 0.1) is 0 Å². The number of aryl methyl sites for hydroxylation is 1. The Morgan fingerprint density at radius 3 is 3.13 bits per heavy atom. The lowest BCUT2D eigenvalue weighted by Crippen LogP contribution is -2.25. The second-order valence-corrected chi connectivity index (χ2v) is 5.33. The third kappa shape index (κ3) is 2.80. The highest BCUT2D eigenvalue weighted by Crippen LogP contribution is 2.21. The monoisotopic (exact) mass is 333 g/mol. The first-order valence-electron chi connectivity index (χ1n) is 7.16. The standard InChI is InChI=1S/C15H15N5O2.ClH/c1-8-17-12-6-9(2-3-13(12)22-8)18-15(21)14-10-7-16-5-4-11(10)19-20-14;/h2-3,6,16H,4-5,7H2,1H3,(H,18,21)(H,19,20);1H. The van der Waals surface area contributed by atoms with Gasteiger partial charge in [-0.3, -0.25) is 9.89 Å². The van der Waals surface area contributed by atoms with E-state index >= 15 is 0 Å². The van der Waals surface area contributed by atoms with Crippen molar-refractivity contribution >= 4 is 35.1 Å². The van der Waals surface area contributed by atoms with E-state index in [1.165, 1.54) is 0 Å². The van der Waals surface area contributed by atoms with E-state index in [0.29, 0.717) is 29.4 Å². The summed E-state index contributed by atoms with van der Waals surface area (Å²) >= 11 is 0. The molecule has 4 rings (SSSR count). The lowest BCUT2D eigenvalue weighted by atomic mass is 10.1. The predicted octanol–water partition coefficient (Wildman–Crippen LogP) is 2.18. The predicted molar refractivity (Wildman–Crippen MR) is 87.9 cm³/mol. The minimum absolute atomic E-state index is 0. The molecule has 1 aromatic carbocycles. The van der Waals surface area contributed by atoms with Crippen LogP contribution in [0, 0.1) is 6.92 Å². The van der Waals surface area contributed by atoms with Crippen LogP contribution in [0.25, 0.3) is 11.1 Å². The van der Waals surface area contributed by atoms with Crippen LogP contribution in [0.3, 0.4) is 0 Å². The maximum absolute atomic E-state index is 12.4. The van der Waals surface area contributed by atoms with Gasteiger partial charge in [0.2, 0.25) is 0 Å². The van der Waals surface area contributed by atoms with E-state index in [2.05, 4.69) is 25.8 Å². The molecule has 0 atom stereocenters. The fraction of sp³-hybridized carbons (Fsp3) is 0.267. The van der Waals surface area contributed by atoms with Gasteiger partial charge in [-0.2, -0.15) is 5.10 Å². The van der Waals surface area contributed by atoms with Crippen molar-refractivity contribution in [3.05, 3.63) is 41.0 Å². The smallest absolute Gasteiger partial charge is 0.276 e. The number of hydrogen-bond donors (Lipinski definition) is 3. The maximum Gasteiger partial charge on any atom is 0.276 e. The molecule has 0 saturated heterocycles. The summed E-state index contributed by atoms with van der Waals surface area (Å²) in [5.41, 5.74) is 4.52. The Morgan fingerprint density at radius 1 is 1.39 bits per heavy atom. The van der Waals surface area contributed by atoms with Crippen molar-refractivity contribution in [3.63, 3.8) is 0 Å². The van der Waals surface area contributed by atoms with Crippen LogP contribution in [0.1, 0.15) is 27.6 Å². The van der Waals surface area contributed by atoms with Gasteiger partial charge in [0, 0.05) is 43.4 Å². The van der Waals surface area contributed by atoms with Crippen LogP contribution in [0.15, 0.2) is 22.6 Å². The van der Waals surface area contributed by atoms with Crippen LogP contribution in [-0.2, 0) is 13.0 Å². The number of oxazole rings is 1. The van der Waals surface area contributed by atoms with E-state index in [1.54, 1.807) is 25.1 Å². The summed E-state index contributed by atoms with van der Waals surface area (Å²) in [5, 5.41) is 13.2. The molecule has 0 aliphatic carbocycles. The summed E-state index contributed by atoms with van der Waals surface area (Å²) in [6.45, 7) is 3.36. The number of H-pyrrole nitrogens is 1. The Morgan fingerprint density at radius 2 is 2.26 bits per heavy atom. The average molecular weight is 334 g/mol. The Labute approximate surface area is 138 Å². The third-order valence-electron chi connectivity index (χ3n) is 3.77. The number of benzene rings is 1. The minimum Gasteiger partial charge on any atom is -0.441 e. The van der Waals surface area contributed by atoms with Crippen LogP contribution in [0.2, 0.25) is 0 Å². The molecule has 3 heterocycles. The first-order valence-corrected chi connectivity index (χ1v) is 7.16. The summed E-state index contributed by atoms with van der Waals surface area (Å²) in [4.78, 5) is 16.7. The van der Waals surface area contributed by atoms with Gasteiger partial charge in [0.25, 0.3) is 5.91 Å². The van der Waals surface area contributed by atoms with E-state index in [0.717, 1.165) is 29.7 Å². The molecule has 1 amide bonds. The van der Waals surface area contributed by atoms with Gasteiger partial charge in [-0.25, -0.2) is 4.98 Å². The highest BCUT2D eigenvalue weighted by atomic mass is 35.5. The third-order valence-corrected chi connectivity index (χ3v) is 3.77. The molecule has 8 heteroatoms. The number of aromatic nitrogens is 3. The molecule has 1 aliphatic heterocycles. The molecule has 3 N–H and O–H groups in total. The molecule has 7 nitrogen and oxygen atoms in total. The van der Waals surface area contributed by atoms with Crippen LogP contribution >= 0.6 is 12.4 Å². The number of amides is 1. The first kappa shape index (κ1) is 15.5. The van der Waals surface area contributed by atoms with Crippen LogP contribution in [0.5, 0.6) is 0 Å². The number of hydrogen-bond acceptors (Lipinski definition) is 5. The number of nitrogens with one attached hydrogen (secondary N) is 3. The Hall–Kier alpha value is -2.38. The van der Waals surface area contributed by atoms with Gasteiger partial charge < -0.3 is 15.1 Å². The number of aromatic amines is 1. The molecule has 0 fully saturated rings. The molecule has 0 bridgehead atoms. The summed E-state index contributed by atoms with van der Waals surface area (Å²) in [5.74, 6) is 0.381. The highest BCUT2D eigenvalue weighted by Gasteiger charge is 2.21.